The van der Waals surface area contributed by atoms with Crippen molar-refractivity contribution < 1.29 is 0 Å². The van der Waals surface area contributed by atoms with Crippen molar-refractivity contribution in [3.8, 4) is 0 Å². The number of benzene rings is 1. The van der Waals surface area contributed by atoms with Crippen molar-refractivity contribution in [1.29, 1.82) is 0 Å². The fourth-order valence-corrected chi connectivity index (χ4v) is 2.67. The van der Waals surface area contributed by atoms with Crippen molar-refractivity contribution in [2.24, 2.45) is 5.92 Å². The Bertz CT molecular complexity index is 309. The summed E-state index contributed by atoms with van der Waals surface area (Å²) in [7, 11) is 0. The Morgan fingerprint density at radius 3 is 2.38 bits per heavy atom. The summed E-state index contributed by atoms with van der Waals surface area (Å²) in [5, 5.41) is 3.64. The third-order valence-corrected chi connectivity index (χ3v) is 3.86. The van der Waals surface area contributed by atoms with Gasteiger partial charge in [-0.2, -0.15) is 0 Å². The molecule has 0 saturated heterocycles. The quantitative estimate of drug-likeness (QED) is 0.795. The summed E-state index contributed by atoms with van der Waals surface area (Å²) < 4.78 is 0. The largest absolute Gasteiger partial charge is 0.382 e. The van der Waals surface area contributed by atoms with E-state index in [1.807, 2.05) is 0 Å². The van der Waals surface area contributed by atoms with Crippen molar-refractivity contribution in [2.75, 3.05) is 5.32 Å². The molecule has 16 heavy (non-hydrogen) atoms. The fraction of sp³-hybridized carbons (Fsp3) is 0.600. The molecule has 0 aliphatic heterocycles. The number of rotatable bonds is 4. The van der Waals surface area contributed by atoms with Gasteiger partial charge in [0.2, 0.25) is 0 Å². The molecule has 1 aromatic rings. The second-order valence-corrected chi connectivity index (χ2v) is 5.03. The lowest BCUT2D eigenvalue weighted by Crippen LogP contribution is -2.23. The molecule has 0 bridgehead atoms. The standard InChI is InChI=1S/C15H23N/c1-3-13-8-10-15(11-9-13)16-12(2)14-6-4-5-7-14/h8-12,14,16H,3-7H2,1-2H3. The molecular formula is C15H23N. The zero-order valence-electron chi connectivity index (χ0n) is 10.5. The zero-order chi connectivity index (χ0) is 11.4. The average molecular weight is 217 g/mol. The molecule has 88 valence electrons. The van der Waals surface area contributed by atoms with E-state index >= 15 is 0 Å². The molecule has 2 rings (SSSR count). The van der Waals surface area contributed by atoms with E-state index < -0.39 is 0 Å². The molecule has 1 N–H and O–H groups in total. The van der Waals surface area contributed by atoms with Crippen LogP contribution in [0.15, 0.2) is 24.3 Å². The van der Waals surface area contributed by atoms with Gasteiger partial charge in [-0.05, 0) is 49.8 Å². The predicted octanol–water partition coefficient (Wildman–Crippen LogP) is 4.24. The molecule has 1 heteroatoms. The molecule has 1 aliphatic carbocycles. The Morgan fingerprint density at radius 1 is 1.19 bits per heavy atom. The van der Waals surface area contributed by atoms with Crippen LogP contribution in [0.2, 0.25) is 0 Å². The van der Waals surface area contributed by atoms with Crippen LogP contribution in [0.4, 0.5) is 5.69 Å². The first-order valence-corrected chi connectivity index (χ1v) is 6.65. The number of nitrogens with one attached hydrogen (secondary N) is 1. The highest BCUT2D eigenvalue weighted by atomic mass is 14.9. The van der Waals surface area contributed by atoms with Crippen LogP contribution in [-0.2, 0) is 6.42 Å². The van der Waals surface area contributed by atoms with Crippen LogP contribution in [-0.4, -0.2) is 6.04 Å². The van der Waals surface area contributed by atoms with Crippen molar-refractivity contribution in [3.05, 3.63) is 29.8 Å². The van der Waals surface area contributed by atoms with E-state index in [0.29, 0.717) is 6.04 Å². The van der Waals surface area contributed by atoms with E-state index in [9.17, 15) is 0 Å². The first-order valence-electron chi connectivity index (χ1n) is 6.65. The Kier molecular flexibility index (Phi) is 3.87. The summed E-state index contributed by atoms with van der Waals surface area (Å²) in [5.74, 6) is 0.880. The minimum absolute atomic E-state index is 0.620. The first kappa shape index (κ1) is 11.5. The SMILES string of the molecule is CCc1ccc(NC(C)C2CCCC2)cc1. The van der Waals surface area contributed by atoms with Gasteiger partial charge >= 0.3 is 0 Å². The van der Waals surface area contributed by atoms with Gasteiger partial charge in [0.05, 0.1) is 0 Å². The third kappa shape index (κ3) is 2.78. The van der Waals surface area contributed by atoms with Gasteiger partial charge in [0.1, 0.15) is 0 Å². The minimum atomic E-state index is 0.620. The van der Waals surface area contributed by atoms with Gasteiger partial charge in [-0.1, -0.05) is 31.9 Å². The predicted molar refractivity (Wildman–Crippen MR) is 70.9 cm³/mol. The minimum Gasteiger partial charge on any atom is -0.382 e. The van der Waals surface area contributed by atoms with E-state index in [1.165, 1.54) is 36.9 Å². The highest BCUT2D eigenvalue weighted by Crippen LogP contribution is 2.29. The fourth-order valence-electron chi connectivity index (χ4n) is 2.67. The number of aryl methyl sites for hydroxylation is 1. The smallest absolute Gasteiger partial charge is 0.0342 e. The molecule has 1 saturated carbocycles. The highest BCUT2D eigenvalue weighted by molar-refractivity contribution is 5.45. The summed E-state index contributed by atoms with van der Waals surface area (Å²) in [4.78, 5) is 0. The van der Waals surface area contributed by atoms with Crippen LogP contribution in [0.5, 0.6) is 0 Å². The summed E-state index contributed by atoms with van der Waals surface area (Å²) in [6.07, 6.45) is 6.78. The van der Waals surface area contributed by atoms with Crippen LogP contribution in [0.1, 0.15) is 45.1 Å². The van der Waals surface area contributed by atoms with Gasteiger partial charge < -0.3 is 5.32 Å². The normalized spacial score (nSPS) is 18.6. The zero-order valence-corrected chi connectivity index (χ0v) is 10.5. The summed E-state index contributed by atoms with van der Waals surface area (Å²) >= 11 is 0. The van der Waals surface area contributed by atoms with Crippen LogP contribution < -0.4 is 5.32 Å². The molecular weight excluding hydrogens is 194 g/mol. The van der Waals surface area contributed by atoms with Gasteiger partial charge in [-0.15, -0.1) is 0 Å². The van der Waals surface area contributed by atoms with Gasteiger partial charge in [0.15, 0.2) is 0 Å². The maximum Gasteiger partial charge on any atom is 0.0342 e. The second-order valence-electron chi connectivity index (χ2n) is 5.03. The van der Waals surface area contributed by atoms with E-state index in [1.54, 1.807) is 0 Å². The lowest BCUT2D eigenvalue weighted by molar-refractivity contribution is 0.482. The number of hydrogen-bond acceptors (Lipinski definition) is 1. The molecule has 1 fully saturated rings. The van der Waals surface area contributed by atoms with Crippen LogP contribution in [0.25, 0.3) is 0 Å². The molecule has 0 heterocycles. The Balaban J connectivity index is 1.92. The number of anilines is 1. The highest BCUT2D eigenvalue weighted by Gasteiger charge is 2.20. The molecule has 0 aromatic heterocycles. The lowest BCUT2D eigenvalue weighted by Gasteiger charge is -2.21. The van der Waals surface area contributed by atoms with Crippen molar-refractivity contribution >= 4 is 5.69 Å². The molecule has 1 nitrogen and oxygen atoms in total. The molecule has 1 unspecified atom stereocenters. The van der Waals surface area contributed by atoms with Gasteiger partial charge in [0.25, 0.3) is 0 Å². The lowest BCUT2D eigenvalue weighted by atomic mass is 9.99. The van der Waals surface area contributed by atoms with Gasteiger partial charge in [0, 0.05) is 11.7 Å². The maximum absolute atomic E-state index is 3.64. The van der Waals surface area contributed by atoms with E-state index in [2.05, 4.69) is 43.4 Å². The van der Waals surface area contributed by atoms with Gasteiger partial charge in [-0.3, -0.25) is 0 Å². The van der Waals surface area contributed by atoms with Crippen molar-refractivity contribution in [2.45, 2.75) is 52.0 Å². The molecule has 1 aromatic carbocycles. The Labute approximate surface area is 99.3 Å². The summed E-state index contributed by atoms with van der Waals surface area (Å²) in [5.41, 5.74) is 2.69. The van der Waals surface area contributed by atoms with E-state index in [-0.39, 0.29) is 0 Å². The third-order valence-electron chi connectivity index (χ3n) is 3.86. The number of hydrogen-bond donors (Lipinski definition) is 1. The van der Waals surface area contributed by atoms with E-state index in [0.717, 1.165) is 12.3 Å². The first-order chi connectivity index (χ1) is 7.79. The Hall–Kier alpha value is -0.980. The van der Waals surface area contributed by atoms with Crippen molar-refractivity contribution in [1.82, 2.24) is 0 Å². The van der Waals surface area contributed by atoms with Crippen LogP contribution in [0, 0.1) is 5.92 Å². The summed E-state index contributed by atoms with van der Waals surface area (Å²) in [6.45, 7) is 4.52. The maximum atomic E-state index is 3.64. The van der Waals surface area contributed by atoms with Gasteiger partial charge in [-0.25, -0.2) is 0 Å². The van der Waals surface area contributed by atoms with Crippen LogP contribution >= 0.6 is 0 Å². The topological polar surface area (TPSA) is 12.0 Å². The van der Waals surface area contributed by atoms with E-state index in [4.69, 9.17) is 0 Å². The average Bonchev–Trinajstić information content (AvgIpc) is 2.83. The molecule has 0 radical (unpaired) electrons. The molecule has 0 amide bonds. The Morgan fingerprint density at radius 2 is 1.81 bits per heavy atom. The molecule has 0 spiro atoms. The second kappa shape index (κ2) is 5.38. The van der Waals surface area contributed by atoms with Crippen LogP contribution in [0.3, 0.4) is 0 Å². The van der Waals surface area contributed by atoms with Crippen molar-refractivity contribution in [3.63, 3.8) is 0 Å². The summed E-state index contributed by atoms with van der Waals surface area (Å²) in [6, 6.07) is 9.50. The molecule has 1 atom stereocenters. The molecule has 1 aliphatic rings. The monoisotopic (exact) mass is 217 g/mol.